The molecule has 0 aliphatic carbocycles. The Hall–Kier alpha value is -2.49. The Morgan fingerprint density at radius 3 is 2.43 bits per heavy atom. The molecular weight excluding hydrogens is 264 g/mol. The van der Waals surface area contributed by atoms with Gasteiger partial charge in [-0.15, -0.1) is 0 Å². The molecule has 0 heterocycles. The maximum Gasteiger partial charge on any atom is 0.252 e. The molecule has 2 aromatic carbocycles. The Bertz CT molecular complexity index is 678. The van der Waals surface area contributed by atoms with E-state index in [0.29, 0.717) is 22.9 Å². The highest BCUT2D eigenvalue weighted by atomic mass is 16.5. The highest BCUT2D eigenvalue weighted by Crippen LogP contribution is 2.33. The van der Waals surface area contributed by atoms with Crippen molar-refractivity contribution in [1.29, 1.82) is 0 Å². The van der Waals surface area contributed by atoms with Gasteiger partial charge >= 0.3 is 0 Å². The zero-order valence-corrected chi connectivity index (χ0v) is 12.5. The molecule has 0 atom stereocenters. The van der Waals surface area contributed by atoms with Crippen molar-refractivity contribution < 1.29 is 9.53 Å². The van der Waals surface area contributed by atoms with Crippen LogP contribution >= 0.6 is 0 Å². The molecule has 0 aromatic heterocycles. The maximum atomic E-state index is 11.5. The van der Waals surface area contributed by atoms with E-state index < -0.39 is 5.91 Å². The van der Waals surface area contributed by atoms with E-state index in [9.17, 15) is 4.79 Å². The van der Waals surface area contributed by atoms with Crippen LogP contribution in [0.1, 0.15) is 41.3 Å². The zero-order chi connectivity index (χ0) is 15.6. The summed E-state index contributed by atoms with van der Waals surface area (Å²) in [5.74, 6) is 0.871. The number of anilines is 1. The van der Waals surface area contributed by atoms with Crippen molar-refractivity contribution in [2.75, 3.05) is 5.73 Å². The molecule has 0 radical (unpaired) electrons. The van der Waals surface area contributed by atoms with E-state index in [2.05, 4.69) is 13.8 Å². The summed E-state index contributed by atoms with van der Waals surface area (Å²) in [6.45, 7) is 6.17. The normalized spacial score (nSPS) is 10.7. The van der Waals surface area contributed by atoms with Gasteiger partial charge in [0.05, 0.1) is 5.56 Å². The number of ether oxygens (including phenoxy) is 1. The molecule has 0 unspecified atom stereocenters. The van der Waals surface area contributed by atoms with Crippen molar-refractivity contribution in [2.45, 2.75) is 26.7 Å². The van der Waals surface area contributed by atoms with Crippen LogP contribution in [0.4, 0.5) is 5.69 Å². The third-order valence-corrected chi connectivity index (χ3v) is 3.28. The molecule has 2 aromatic rings. The zero-order valence-electron chi connectivity index (χ0n) is 12.5. The largest absolute Gasteiger partial charge is 0.456 e. The minimum atomic E-state index is -0.538. The monoisotopic (exact) mass is 284 g/mol. The van der Waals surface area contributed by atoms with Crippen LogP contribution < -0.4 is 16.2 Å². The van der Waals surface area contributed by atoms with Crippen LogP contribution in [0, 0.1) is 6.92 Å². The number of nitrogen functional groups attached to an aromatic ring is 1. The summed E-state index contributed by atoms with van der Waals surface area (Å²) in [6.07, 6.45) is 0. The summed E-state index contributed by atoms with van der Waals surface area (Å²) in [6, 6.07) is 10.8. The van der Waals surface area contributed by atoms with E-state index in [0.717, 1.165) is 16.9 Å². The summed E-state index contributed by atoms with van der Waals surface area (Å²) < 4.78 is 5.94. The van der Waals surface area contributed by atoms with Crippen molar-refractivity contribution >= 4 is 11.6 Å². The Morgan fingerprint density at radius 1 is 1.10 bits per heavy atom. The van der Waals surface area contributed by atoms with Gasteiger partial charge in [-0.05, 0) is 42.2 Å². The quantitative estimate of drug-likeness (QED) is 0.842. The average Bonchev–Trinajstić information content (AvgIpc) is 2.38. The van der Waals surface area contributed by atoms with Gasteiger partial charge in [0.15, 0.2) is 0 Å². The molecule has 0 bridgehead atoms. The minimum Gasteiger partial charge on any atom is -0.456 e. The Morgan fingerprint density at radius 2 is 1.81 bits per heavy atom. The standard InChI is InChI=1S/C17H20N2O2/c1-10(2)13-6-4-11(3)8-15(13)21-16-9-12(18)5-7-14(16)17(19)20/h4-10H,18H2,1-3H3,(H2,19,20). The van der Waals surface area contributed by atoms with Gasteiger partial charge < -0.3 is 16.2 Å². The first-order chi connectivity index (χ1) is 9.88. The summed E-state index contributed by atoms with van der Waals surface area (Å²) in [5, 5.41) is 0. The third-order valence-electron chi connectivity index (χ3n) is 3.28. The van der Waals surface area contributed by atoms with Crippen LogP contribution in [0.5, 0.6) is 11.5 Å². The molecule has 0 aliphatic heterocycles. The topological polar surface area (TPSA) is 78.3 Å². The van der Waals surface area contributed by atoms with Gasteiger partial charge in [-0.2, -0.15) is 0 Å². The van der Waals surface area contributed by atoms with Gasteiger partial charge in [0.25, 0.3) is 5.91 Å². The third kappa shape index (κ3) is 3.34. The second-order valence-corrected chi connectivity index (χ2v) is 5.42. The van der Waals surface area contributed by atoms with E-state index in [1.165, 1.54) is 0 Å². The fraction of sp³-hybridized carbons (Fsp3) is 0.235. The molecule has 21 heavy (non-hydrogen) atoms. The van der Waals surface area contributed by atoms with Gasteiger partial charge in [0, 0.05) is 11.8 Å². The van der Waals surface area contributed by atoms with Crippen molar-refractivity contribution in [3.05, 3.63) is 53.1 Å². The second kappa shape index (κ2) is 5.87. The number of hydrogen-bond acceptors (Lipinski definition) is 3. The lowest BCUT2D eigenvalue weighted by Crippen LogP contribution is -2.12. The summed E-state index contributed by atoms with van der Waals surface area (Å²) >= 11 is 0. The molecule has 110 valence electrons. The number of benzene rings is 2. The first-order valence-corrected chi connectivity index (χ1v) is 6.86. The molecule has 0 aliphatic rings. The molecule has 1 amide bonds. The minimum absolute atomic E-state index is 0.304. The number of amides is 1. The van der Waals surface area contributed by atoms with Crippen LogP contribution in [0.2, 0.25) is 0 Å². The first-order valence-electron chi connectivity index (χ1n) is 6.86. The van der Waals surface area contributed by atoms with Gasteiger partial charge in [-0.25, -0.2) is 0 Å². The molecule has 0 saturated heterocycles. The van der Waals surface area contributed by atoms with E-state index in [1.807, 2.05) is 25.1 Å². The van der Waals surface area contributed by atoms with Crippen molar-refractivity contribution in [3.8, 4) is 11.5 Å². The molecule has 0 spiro atoms. The first kappa shape index (κ1) is 14.9. The molecule has 4 heteroatoms. The number of aryl methyl sites for hydroxylation is 1. The predicted molar refractivity (Wildman–Crippen MR) is 84.7 cm³/mol. The average molecular weight is 284 g/mol. The van der Waals surface area contributed by atoms with E-state index in [4.69, 9.17) is 16.2 Å². The van der Waals surface area contributed by atoms with Crippen LogP contribution in [0.25, 0.3) is 0 Å². The van der Waals surface area contributed by atoms with Crippen molar-refractivity contribution in [2.24, 2.45) is 5.73 Å². The van der Waals surface area contributed by atoms with E-state index >= 15 is 0 Å². The molecule has 0 fully saturated rings. The maximum absolute atomic E-state index is 11.5. The number of rotatable bonds is 4. The van der Waals surface area contributed by atoms with Crippen LogP contribution in [-0.2, 0) is 0 Å². The van der Waals surface area contributed by atoms with Gasteiger partial charge in [-0.1, -0.05) is 26.0 Å². The van der Waals surface area contributed by atoms with E-state index in [1.54, 1.807) is 18.2 Å². The lowest BCUT2D eigenvalue weighted by Gasteiger charge is -2.16. The molecule has 4 N–H and O–H groups in total. The highest BCUT2D eigenvalue weighted by molar-refractivity contribution is 5.96. The summed E-state index contributed by atoms with van der Waals surface area (Å²) in [5.41, 5.74) is 14.2. The highest BCUT2D eigenvalue weighted by Gasteiger charge is 2.14. The smallest absolute Gasteiger partial charge is 0.252 e. The number of primary amides is 1. The molecule has 2 rings (SSSR count). The fourth-order valence-corrected chi connectivity index (χ4v) is 2.15. The Kier molecular flexibility index (Phi) is 4.17. The van der Waals surface area contributed by atoms with Gasteiger partial charge in [-0.3, -0.25) is 4.79 Å². The van der Waals surface area contributed by atoms with Crippen molar-refractivity contribution in [1.82, 2.24) is 0 Å². The van der Waals surface area contributed by atoms with E-state index in [-0.39, 0.29) is 0 Å². The Balaban J connectivity index is 2.49. The molecule has 0 saturated carbocycles. The van der Waals surface area contributed by atoms with Crippen LogP contribution in [0.15, 0.2) is 36.4 Å². The van der Waals surface area contributed by atoms with Crippen LogP contribution in [0.3, 0.4) is 0 Å². The molecule has 4 nitrogen and oxygen atoms in total. The second-order valence-electron chi connectivity index (χ2n) is 5.42. The SMILES string of the molecule is Cc1ccc(C(C)C)c(Oc2cc(N)ccc2C(N)=O)c1. The lowest BCUT2D eigenvalue weighted by atomic mass is 10.0. The summed E-state index contributed by atoms with van der Waals surface area (Å²) in [4.78, 5) is 11.5. The number of nitrogens with two attached hydrogens (primary N) is 2. The van der Waals surface area contributed by atoms with Crippen LogP contribution in [-0.4, -0.2) is 5.91 Å². The Labute approximate surface area is 124 Å². The lowest BCUT2D eigenvalue weighted by molar-refractivity contribution is 0.0998. The number of hydrogen-bond donors (Lipinski definition) is 2. The van der Waals surface area contributed by atoms with Gasteiger partial charge in [0.2, 0.25) is 0 Å². The fourth-order valence-electron chi connectivity index (χ4n) is 2.15. The van der Waals surface area contributed by atoms with Gasteiger partial charge in [0.1, 0.15) is 11.5 Å². The number of carbonyl (C=O) groups excluding carboxylic acids is 1. The summed E-state index contributed by atoms with van der Waals surface area (Å²) in [7, 11) is 0. The number of carbonyl (C=O) groups is 1. The predicted octanol–water partition coefficient (Wildman–Crippen LogP) is 3.59. The molecular formula is C17H20N2O2. The van der Waals surface area contributed by atoms with Crippen molar-refractivity contribution in [3.63, 3.8) is 0 Å².